The Morgan fingerprint density at radius 1 is 1.07 bits per heavy atom. The molecular formula is C22H21N3O3. The fraction of sp³-hybridized carbons (Fsp3) is 0.273. The number of nitrogens with one attached hydrogen (secondary N) is 1. The van der Waals surface area contributed by atoms with E-state index in [2.05, 4.69) is 4.98 Å². The molecule has 2 amide bonds. The van der Waals surface area contributed by atoms with Crippen molar-refractivity contribution in [2.24, 2.45) is 0 Å². The van der Waals surface area contributed by atoms with Gasteiger partial charge >= 0.3 is 0 Å². The number of piperazine rings is 1. The van der Waals surface area contributed by atoms with Crippen molar-refractivity contribution in [2.45, 2.75) is 25.9 Å². The number of rotatable bonds is 2. The molecule has 2 aliphatic rings. The highest BCUT2D eigenvalue weighted by Crippen LogP contribution is 2.35. The first kappa shape index (κ1) is 16.9. The van der Waals surface area contributed by atoms with Crippen molar-refractivity contribution in [3.05, 3.63) is 59.3 Å². The number of ether oxygens (including phenoxy) is 1. The monoisotopic (exact) mass is 375 g/mol. The lowest BCUT2D eigenvalue weighted by atomic mass is 9.93. The molecule has 1 unspecified atom stereocenters. The number of anilines is 1. The number of nitrogens with zero attached hydrogens (tertiary/aromatic N) is 2. The molecule has 28 heavy (non-hydrogen) atoms. The van der Waals surface area contributed by atoms with E-state index >= 15 is 0 Å². The third-order valence-electron chi connectivity index (χ3n) is 5.81. The summed E-state index contributed by atoms with van der Waals surface area (Å²) >= 11 is 0. The van der Waals surface area contributed by atoms with Gasteiger partial charge in [-0.05, 0) is 42.8 Å². The van der Waals surface area contributed by atoms with Crippen LogP contribution in [-0.2, 0) is 22.6 Å². The molecule has 3 aromatic rings. The van der Waals surface area contributed by atoms with Gasteiger partial charge in [0.05, 0.1) is 13.7 Å². The standard InChI is InChI=1S/C22H21N3O3/c1-13-3-5-14(6-4-13)24-12-21(26)25-11-19-17(10-20(25)22(24)27)16-9-15(28-2)7-8-18(16)23-19/h3-9,20,23H,10-12H2,1-2H3. The summed E-state index contributed by atoms with van der Waals surface area (Å²) in [4.78, 5) is 32.9. The first-order valence-electron chi connectivity index (χ1n) is 9.40. The normalized spacial score (nSPS) is 19.0. The first-order chi connectivity index (χ1) is 13.5. The maximum atomic E-state index is 13.3. The molecule has 1 atom stereocenters. The van der Waals surface area contributed by atoms with Gasteiger partial charge in [0.15, 0.2) is 0 Å². The van der Waals surface area contributed by atoms with Gasteiger partial charge in [0, 0.05) is 28.7 Å². The molecular weight excluding hydrogens is 354 g/mol. The van der Waals surface area contributed by atoms with Crippen LogP contribution < -0.4 is 9.64 Å². The summed E-state index contributed by atoms with van der Waals surface area (Å²) in [6.45, 7) is 2.52. The molecule has 0 saturated carbocycles. The number of aromatic nitrogens is 1. The molecule has 2 aromatic carbocycles. The lowest BCUT2D eigenvalue weighted by Crippen LogP contribution is -2.61. The zero-order valence-electron chi connectivity index (χ0n) is 15.9. The van der Waals surface area contributed by atoms with Gasteiger partial charge in [-0.15, -0.1) is 0 Å². The van der Waals surface area contributed by atoms with Crippen LogP contribution in [0.1, 0.15) is 16.8 Å². The minimum Gasteiger partial charge on any atom is -0.497 e. The smallest absolute Gasteiger partial charge is 0.250 e. The van der Waals surface area contributed by atoms with Gasteiger partial charge < -0.3 is 19.5 Å². The molecule has 2 aliphatic heterocycles. The molecule has 1 aromatic heterocycles. The van der Waals surface area contributed by atoms with Crippen molar-refractivity contribution >= 4 is 28.4 Å². The number of carbonyl (C=O) groups excluding carboxylic acids is 2. The molecule has 6 nitrogen and oxygen atoms in total. The molecule has 1 fully saturated rings. The highest BCUT2D eigenvalue weighted by atomic mass is 16.5. The lowest BCUT2D eigenvalue weighted by Gasteiger charge is -2.42. The summed E-state index contributed by atoms with van der Waals surface area (Å²) in [5, 5.41) is 1.06. The number of aryl methyl sites for hydroxylation is 1. The van der Waals surface area contributed by atoms with E-state index in [9.17, 15) is 9.59 Å². The Kier molecular flexibility index (Phi) is 3.69. The van der Waals surface area contributed by atoms with Crippen molar-refractivity contribution in [2.75, 3.05) is 18.6 Å². The zero-order chi connectivity index (χ0) is 19.4. The fourth-order valence-corrected chi connectivity index (χ4v) is 4.27. The topological polar surface area (TPSA) is 65.6 Å². The largest absolute Gasteiger partial charge is 0.497 e. The predicted octanol–water partition coefficient (Wildman–Crippen LogP) is 2.79. The number of hydrogen-bond donors (Lipinski definition) is 1. The first-order valence-corrected chi connectivity index (χ1v) is 9.40. The van der Waals surface area contributed by atoms with Crippen LogP contribution in [-0.4, -0.2) is 41.4 Å². The molecule has 142 valence electrons. The van der Waals surface area contributed by atoms with Gasteiger partial charge in [-0.3, -0.25) is 9.59 Å². The maximum absolute atomic E-state index is 13.3. The highest BCUT2D eigenvalue weighted by Gasteiger charge is 2.43. The molecule has 5 rings (SSSR count). The Morgan fingerprint density at radius 3 is 2.61 bits per heavy atom. The second kappa shape index (κ2) is 6.12. The molecule has 0 radical (unpaired) electrons. The van der Waals surface area contributed by atoms with Crippen LogP contribution in [0.15, 0.2) is 42.5 Å². The van der Waals surface area contributed by atoms with Crippen LogP contribution in [0.4, 0.5) is 5.69 Å². The molecule has 0 bridgehead atoms. The van der Waals surface area contributed by atoms with E-state index in [0.717, 1.165) is 39.2 Å². The number of benzene rings is 2. The Morgan fingerprint density at radius 2 is 1.86 bits per heavy atom. The van der Waals surface area contributed by atoms with Gasteiger partial charge in [-0.1, -0.05) is 17.7 Å². The Labute approximate surface area is 162 Å². The minimum atomic E-state index is -0.472. The number of hydrogen-bond acceptors (Lipinski definition) is 3. The predicted molar refractivity (Wildman–Crippen MR) is 106 cm³/mol. The highest BCUT2D eigenvalue weighted by molar-refractivity contribution is 6.07. The minimum absolute atomic E-state index is 0.0212. The number of carbonyl (C=O) groups is 2. The molecule has 0 spiro atoms. The van der Waals surface area contributed by atoms with Gasteiger partial charge in [0.25, 0.3) is 5.91 Å². The second-order valence-corrected chi connectivity index (χ2v) is 7.50. The van der Waals surface area contributed by atoms with Gasteiger partial charge in [0.1, 0.15) is 18.3 Å². The summed E-state index contributed by atoms with van der Waals surface area (Å²) in [6, 6.07) is 13.1. The van der Waals surface area contributed by atoms with Crippen molar-refractivity contribution in [3.8, 4) is 5.75 Å². The summed E-state index contributed by atoms with van der Waals surface area (Å²) < 4.78 is 5.36. The number of amides is 2. The fourth-order valence-electron chi connectivity index (χ4n) is 4.27. The number of fused-ring (bicyclic) bond motifs is 4. The molecule has 6 heteroatoms. The van der Waals surface area contributed by atoms with Crippen molar-refractivity contribution < 1.29 is 14.3 Å². The maximum Gasteiger partial charge on any atom is 0.250 e. The number of methoxy groups -OCH3 is 1. The van der Waals surface area contributed by atoms with Crippen LogP contribution in [0.2, 0.25) is 0 Å². The third kappa shape index (κ3) is 2.48. The second-order valence-electron chi connectivity index (χ2n) is 7.50. The van der Waals surface area contributed by atoms with E-state index < -0.39 is 6.04 Å². The van der Waals surface area contributed by atoms with Crippen LogP contribution in [0.3, 0.4) is 0 Å². The van der Waals surface area contributed by atoms with Crippen molar-refractivity contribution in [1.29, 1.82) is 0 Å². The summed E-state index contributed by atoms with van der Waals surface area (Å²) in [5.41, 5.74) is 5.00. The Bertz CT molecular complexity index is 1100. The Hall–Kier alpha value is -3.28. The summed E-state index contributed by atoms with van der Waals surface area (Å²) in [5.74, 6) is 0.738. The quantitative estimate of drug-likeness (QED) is 0.749. The van der Waals surface area contributed by atoms with E-state index in [1.54, 1.807) is 16.9 Å². The van der Waals surface area contributed by atoms with E-state index in [1.807, 2.05) is 49.4 Å². The van der Waals surface area contributed by atoms with Crippen LogP contribution in [0.25, 0.3) is 10.9 Å². The van der Waals surface area contributed by atoms with Crippen LogP contribution >= 0.6 is 0 Å². The Balaban J connectivity index is 1.54. The summed E-state index contributed by atoms with van der Waals surface area (Å²) in [7, 11) is 1.64. The lowest BCUT2D eigenvalue weighted by molar-refractivity contribution is -0.144. The zero-order valence-corrected chi connectivity index (χ0v) is 15.9. The van der Waals surface area contributed by atoms with Crippen LogP contribution in [0.5, 0.6) is 5.75 Å². The number of aromatic amines is 1. The van der Waals surface area contributed by atoms with Crippen molar-refractivity contribution in [1.82, 2.24) is 9.88 Å². The summed E-state index contributed by atoms with van der Waals surface area (Å²) in [6.07, 6.45) is 0.509. The van der Waals surface area contributed by atoms with E-state index in [-0.39, 0.29) is 18.4 Å². The van der Waals surface area contributed by atoms with Crippen molar-refractivity contribution in [3.63, 3.8) is 0 Å². The number of H-pyrrole nitrogens is 1. The van der Waals surface area contributed by atoms with Gasteiger partial charge in [0.2, 0.25) is 5.91 Å². The molecule has 1 saturated heterocycles. The molecule has 3 heterocycles. The average Bonchev–Trinajstić information content (AvgIpc) is 3.07. The third-order valence-corrected chi connectivity index (χ3v) is 5.81. The molecule has 0 aliphatic carbocycles. The van der Waals surface area contributed by atoms with Gasteiger partial charge in [-0.25, -0.2) is 0 Å². The van der Waals surface area contributed by atoms with E-state index in [4.69, 9.17) is 4.74 Å². The van der Waals surface area contributed by atoms with Crippen LogP contribution in [0, 0.1) is 6.92 Å². The van der Waals surface area contributed by atoms with Gasteiger partial charge in [-0.2, -0.15) is 0 Å². The molecule has 1 N–H and O–H groups in total. The van der Waals surface area contributed by atoms with E-state index in [0.29, 0.717) is 13.0 Å². The van der Waals surface area contributed by atoms with E-state index in [1.165, 1.54) is 0 Å². The SMILES string of the molecule is COc1ccc2[nH]c3c(c2c1)CC1C(=O)N(c2ccc(C)cc2)CC(=O)N1C3. The average molecular weight is 375 g/mol.